The predicted molar refractivity (Wildman–Crippen MR) is 53.2 cm³/mol. The first-order valence-electron chi connectivity index (χ1n) is 5.07. The zero-order chi connectivity index (χ0) is 9.94. The maximum Gasteiger partial charge on any atom is 0.0664 e. The lowest BCUT2D eigenvalue weighted by molar-refractivity contribution is 0.161. The Bertz CT molecular complexity index is 142. The summed E-state index contributed by atoms with van der Waals surface area (Å²) < 4.78 is 0. The van der Waals surface area contributed by atoms with E-state index < -0.39 is 0 Å². The van der Waals surface area contributed by atoms with E-state index in [1.807, 2.05) is 0 Å². The van der Waals surface area contributed by atoms with E-state index >= 15 is 0 Å². The number of nitrogens with zero attached hydrogens (tertiary/aromatic N) is 1. The van der Waals surface area contributed by atoms with Crippen molar-refractivity contribution in [3.8, 4) is 6.07 Å². The molecule has 0 aromatic rings. The van der Waals surface area contributed by atoms with Crippen LogP contribution in [-0.4, -0.2) is 24.3 Å². The fourth-order valence-corrected chi connectivity index (χ4v) is 1.16. The molecule has 0 amide bonds. The molecular weight excluding hydrogens is 164 g/mol. The molecule has 0 aliphatic rings. The lowest BCUT2D eigenvalue weighted by atomic mass is 10.2. The molecule has 0 aromatic carbocycles. The van der Waals surface area contributed by atoms with E-state index in [0.29, 0.717) is 13.0 Å². The molecule has 1 atom stereocenters. The van der Waals surface area contributed by atoms with Gasteiger partial charge in [0, 0.05) is 13.0 Å². The van der Waals surface area contributed by atoms with Crippen LogP contribution in [0.2, 0.25) is 0 Å². The molecule has 0 heterocycles. The van der Waals surface area contributed by atoms with Crippen LogP contribution in [0.1, 0.15) is 39.0 Å². The van der Waals surface area contributed by atoms with Gasteiger partial charge >= 0.3 is 0 Å². The van der Waals surface area contributed by atoms with Crippen molar-refractivity contribution in [1.29, 1.82) is 5.26 Å². The van der Waals surface area contributed by atoms with Gasteiger partial charge in [-0.05, 0) is 25.8 Å². The minimum Gasteiger partial charge on any atom is -0.392 e. The number of nitriles is 1. The molecule has 0 rings (SSSR count). The molecule has 0 saturated heterocycles. The second-order valence-corrected chi connectivity index (χ2v) is 3.26. The number of hydrogen-bond acceptors (Lipinski definition) is 3. The maximum atomic E-state index is 9.34. The first-order valence-corrected chi connectivity index (χ1v) is 5.07. The summed E-state index contributed by atoms with van der Waals surface area (Å²) in [7, 11) is 0. The van der Waals surface area contributed by atoms with Crippen LogP contribution in [0.3, 0.4) is 0 Å². The number of aliphatic hydroxyl groups is 1. The van der Waals surface area contributed by atoms with Crippen LogP contribution in [0.4, 0.5) is 0 Å². The van der Waals surface area contributed by atoms with Crippen LogP contribution in [0.5, 0.6) is 0 Å². The Labute approximate surface area is 80.8 Å². The van der Waals surface area contributed by atoms with Crippen molar-refractivity contribution < 1.29 is 5.11 Å². The highest BCUT2D eigenvalue weighted by Crippen LogP contribution is 1.95. The third-order valence-corrected chi connectivity index (χ3v) is 1.89. The summed E-state index contributed by atoms with van der Waals surface area (Å²) >= 11 is 0. The molecule has 0 spiro atoms. The summed E-state index contributed by atoms with van der Waals surface area (Å²) in [6.45, 7) is 3.65. The zero-order valence-corrected chi connectivity index (χ0v) is 8.42. The third kappa shape index (κ3) is 9.32. The molecule has 0 aliphatic carbocycles. The summed E-state index contributed by atoms with van der Waals surface area (Å²) in [5.74, 6) is 0. The molecule has 0 saturated carbocycles. The average Bonchev–Trinajstić information content (AvgIpc) is 2.11. The molecule has 0 aromatic heterocycles. The molecule has 0 aliphatic heterocycles. The molecule has 0 radical (unpaired) electrons. The summed E-state index contributed by atoms with van der Waals surface area (Å²) in [5.41, 5.74) is 0. The van der Waals surface area contributed by atoms with Crippen molar-refractivity contribution in [3.63, 3.8) is 0 Å². The van der Waals surface area contributed by atoms with Crippen LogP contribution >= 0.6 is 0 Å². The number of unbranched alkanes of at least 4 members (excludes halogenated alkanes) is 2. The Kier molecular flexibility index (Phi) is 9.07. The fraction of sp³-hybridized carbons (Fsp3) is 0.900. The topological polar surface area (TPSA) is 56.0 Å². The van der Waals surface area contributed by atoms with E-state index in [9.17, 15) is 5.11 Å². The van der Waals surface area contributed by atoms with E-state index in [1.54, 1.807) is 0 Å². The molecular formula is C10H20N2O. The Morgan fingerprint density at radius 3 is 2.85 bits per heavy atom. The highest BCUT2D eigenvalue weighted by atomic mass is 16.3. The van der Waals surface area contributed by atoms with Crippen molar-refractivity contribution in [2.75, 3.05) is 13.1 Å². The Morgan fingerprint density at radius 2 is 2.23 bits per heavy atom. The van der Waals surface area contributed by atoms with Gasteiger partial charge in [0.1, 0.15) is 0 Å². The molecule has 13 heavy (non-hydrogen) atoms. The fourth-order valence-electron chi connectivity index (χ4n) is 1.16. The predicted octanol–water partition coefficient (Wildman–Crippen LogP) is 1.43. The van der Waals surface area contributed by atoms with Gasteiger partial charge in [-0.1, -0.05) is 13.3 Å². The summed E-state index contributed by atoms with van der Waals surface area (Å²) in [6, 6.07) is 2.11. The number of hydrogen-bond donors (Lipinski definition) is 2. The molecule has 2 N–H and O–H groups in total. The van der Waals surface area contributed by atoms with E-state index in [1.165, 1.54) is 0 Å². The van der Waals surface area contributed by atoms with Gasteiger partial charge in [-0.15, -0.1) is 0 Å². The van der Waals surface area contributed by atoms with Gasteiger partial charge in [0.15, 0.2) is 0 Å². The second-order valence-electron chi connectivity index (χ2n) is 3.26. The van der Waals surface area contributed by atoms with Crippen LogP contribution in [0.15, 0.2) is 0 Å². The van der Waals surface area contributed by atoms with Gasteiger partial charge in [0.25, 0.3) is 0 Å². The largest absolute Gasteiger partial charge is 0.392 e. The van der Waals surface area contributed by atoms with Crippen LogP contribution in [-0.2, 0) is 0 Å². The van der Waals surface area contributed by atoms with Gasteiger partial charge in [-0.25, -0.2) is 0 Å². The van der Waals surface area contributed by atoms with E-state index in [2.05, 4.69) is 18.3 Å². The van der Waals surface area contributed by atoms with Gasteiger partial charge in [-0.3, -0.25) is 0 Å². The van der Waals surface area contributed by atoms with Crippen molar-refractivity contribution in [2.24, 2.45) is 0 Å². The molecule has 3 heteroatoms. The lowest BCUT2D eigenvalue weighted by Gasteiger charge is -2.09. The number of rotatable bonds is 8. The minimum absolute atomic E-state index is 0.207. The van der Waals surface area contributed by atoms with E-state index in [4.69, 9.17) is 5.26 Å². The molecule has 3 nitrogen and oxygen atoms in total. The summed E-state index contributed by atoms with van der Waals surface area (Å²) in [5, 5.41) is 20.8. The van der Waals surface area contributed by atoms with Crippen LogP contribution in [0, 0.1) is 11.3 Å². The SMILES string of the molecule is CCCC(O)CNCCCCC#N. The minimum atomic E-state index is -0.207. The zero-order valence-electron chi connectivity index (χ0n) is 8.42. The van der Waals surface area contributed by atoms with Crippen LogP contribution in [0.25, 0.3) is 0 Å². The van der Waals surface area contributed by atoms with Crippen LogP contribution < -0.4 is 5.32 Å². The quantitative estimate of drug-likeness (QED) is 0.561. The summed E-state index contributed by atoms with van der Waals surface area (Å²) in [6.07, 6.45) is 4.29. The van der Waals surface area contributed by atoms with Gasteiger partial charge in [-0.2, -0.15) is 5.26 Å². The van der Waals surface area contributed by atoms with Gasteiger partial charge in [0.05, 0.1) is 12.2 Å². The van der Waals surface area contributed by atoms with Gasteiger partial charge in [0.2, 0.25) is 0 Å². The monoisotopic (exact) mass is 184 g/mol. The first kappa shape index (κ1) is 12.4. The smallest absolute Gasteiger partial charge is 0.0664 e. The van der Waals surface area contributed by atoms with E-state index in [0.717, 1.165) is 32.2 Å². The highest BCUT2D eigenvalue weighted by molar-refractivity contribution is 4.68. The first-order chi connectivity index (χ1) is 6.31. The number of nitrogens with one attached hydrogen (secondary N) is 1. The summed E-state index contributed by atoms with van der Waals surface area (Å²) in [4.78, 5) is 0. The van der Waals surface area contributed by atoms with Gasteiger partial charge < -0.3 is 10.4 Å². The lowest BCUT2D eigenvalue weighted by Crippen LogP contribution is -2.27. The third-order valence-electron chi connectivity index (χ3n) is 1.89. The highest BCUT2D eigenvalue weighted by Gasteiger charge is 2.00. The Morgan fingerprint density at radius 1 is 1.46 bits per heavy atom. The maximum absolute atomic E-state index is 9.34. The molecule has 0 bridgehead atoms. The normalized spacial score (nSPS) is 12.4. The average molecular weight is 184 g/mol. The second kappa shape index (κ2) is 9.50. The molecule has 0 fully saturated rings. The van der Waals surface area contributed by atoms with Crippen molar-refractivity contribution in [2.45, 2.75) is 45.1 Å². The van der Waals surface area contributed by atoms with Crippen molar-refractivity contribution >= 4 is 0 Å². The molecule has 76 valence electrons. The Hall–Kier alpha value is -0.590. The number of aliphatic hydroxyl groups excluding tert-OH is 1. The molecule has 1 unspecified atom stereocenters. The van der Waals surface area contributed by atoms with Crippen molar-refractivity contribution in [1.82, 2.24) is 5.32 Å². The van der Waals surface area contributed by atoms with E-state index in [-0.39, 0.29) is 6.10 Å². The standard InChI is InChI=1S/C10H20N2O/c1-2-6-10(13)9-12-8-5-3-4-7-11/h10,12-13H,2-6,8-9H2,1H3. The van der Waals surface area contributed by atoms with Crippen molar-refractivity contribution in [3.05, 3.63) is 0 Å². The Balaban J connectivity index is 3.03.